The van der Waals surface area contributed by atoms with Gasteiger partial charge in [-0.25, -0.2) is 0 Å². The van der Waals surface area contributed by atoms with Crippen LogP contribution in [0, 0.1) is 0 Å². The Balaban J connectivity index is 1.59. The summed E-state index contributed by atoms with van der Waals surface area (Å²) in [5.74, 6) is 0.977. The van der Waals surface area contributed by atoms with Gasteiger partial charge in [0.15, 0.2) is 0 Å². The third kappa shape index (κ3) is 6.33. The number of thioether (sulfide) groups is 1. The summed E-state index contributed by atoms with van der Waals surface area (Å²) in [6.07, 6.45) is 1.02. The largest absolute Gasteiger partial charge is 0.377 e. The molecule has 22 heavy (non-hydrogen) atoms. The molecule has 0 unspecified atom stereocenters. The maximum atomic E-state index is 10.9. The van der Waals surface area contributed by atoms with E-state index in [0.717, 1.165) is 24.5 Å². The summed E-state index contributed by atoms with van der Waals surface area (Å²) in [5, 5.41) is 2.76. The van der Waals surface area contributed by atoms with Crippen LogP contribution in [-0.4, -0.2) is 18.3 Å². The molecule has 0 saturated heterocycles. The molecule has 0 saturated carbocycles. The number of ether oxygens (including phenoxy) is 1. The van der Waals surface area contributed by atoms with Crippen LogP contribution in [0.25, 0.3) is 0 Å². The van der Waals surface area contributed by atoms with Crippen molar-refractivity contribution < 1.29 is 9.53 Å². The number of nitrogens with one attached hydrogen (secondary N) is 1. The zero-order valence-electron chi connectivity index (χ0n) is 12.7. The Bertz CT molecular complexity index is 569. The highest BCUT2D eigenvalue weighted by Crippen LogP contribution is 2.21. The quantitative estimate of drug-likeness (QED) is 0.581. The van der Waals surface area contributed by atoms with Gasteiger partial charge < -0.3 is 10.1 Å². The fraction of sp³-hybridized carbons (Fsp3) is 0.278. The number of rotatable bonds is 8. The van der Waals surface area contributed by atoms with Gasteiger partial charge in [-0.05, 0) is 36.2 Å². The Labute approximate surface area is 136 Å². The van der Waals surface area contributed by atoms with E-state index in [4.69, 9.17) is 4.74 Å². The van der Waals surface area contributed by atoms with Crippen LogP contribution in [0.1, 0.15) is 18.9 Å². The molecule has 0 atom stereocenters. The fourth-order valence-corrected chi connectivity index (χ4v) is 2.78. The van der Waals surface area contributed by atoms with E-state index in [9.17, 15) is 4.79 Å². The van der Waals surface area contributed by atoms with Crippen LogP contribution in [0.5, 0.6) is 0 Å². The van der Waals surface area contributed by atoms with Gasteiger partial charge >= 0.3 is 0 Å². The summed E-state index contributed by atoms with van der Waals surface area (Å²) in [4.78, 5) is 12.1. The Hall–Kier alpha value is -1.78. The van der Waals surface area contributed by atoms with E-state index in [2.05, 4.69) is 17.4 Å². The number of carbonyl (C=O) groups excluding carboxylic acids is 1. The zero-order valence-corrected chi connectivity index (χ0v) is 13.6. The summed E-state index contributed by atoms with van der Waals surface area (Å²) in [6, 6.07) is 18.1. The molecule has 0 aliphatic carbocycles. The van der Waals surface area contributed by atoms with Gasteiger partial charge in [-0.2, -0.15) is 0 Å². The monoisotopic (exact) mass is 315 g/mol. The predicted molar refractivity (Wildman–Crippen MR) is 92.2 cm³/mol. The minimum absolute atomic E-state index is 0.0454. The second-order valence-corrected chi connectivity index (χ2v) is 6.11. The van der Waals surface area contributed by atoms with Crippen LogP contribution in [0.4, 0.5) is 5.69 Å². The molecule has 0 aromatic heterocycles. The molecule has 0 radical (unpaired) electrons. The van der Waals surface area contributed by atoms with Crippen molar-refractivity contribution in [3.63, 3.8) is 0 Å². The Morgan fingerprint density at radius 2 is 1.82 bits per heavy atom. The summed E-state index contributed by atoms with van der Waals surface area (Å²) < 4.78 is 5.66. The van der Waals surface area contributed by atoms with Crippen LogP contribution in [0.2, 0.25) is 0 Å². The molecule has 0 aliphatic heterocycles. The molecule has 0 spiro atoms. The molecule has 0 bridgehead atoms. The molecule has 0 aliphatic rings. The van der Waals surface area contributed by atoms with Crippen LogP contribution >= 0.6 is 11.8 Å². The van der Waals surface area contributed by atoms with Crippen LogP contribution in [-0.2, 0) is 16.1 Å². The number of anilines is 1. The maximum Gasteiger partial charge on any atom is 0.221 e. The van der Waals surface area contributed by atoms with E-state index in [0.29, 0.717) is 6.61 Å². The first-order chi connectivity index (χ1) is 10.7. The first kappa shape index (κ1) is 16.6. The summed E-state index contributed by atoms with van der Waals surface area (Å²) in [7, 11) is 0. The molecule has 2 aromatic rings. The van der Waals surface area contributed by atoms with E-state index in [1.54, 1.807) is 11.8 Å². The molecule has 0 heterocycles. The summed E-state index contributed by atoms with van der Waals surface area (Å²) in [6.45, 7) is 2.96. The molecular weight excluding hydrogens is 294 g/mol. The van der Waals surface area contributed by atoms with Gasteiger partial charge in [-0.3, -0.25) is 4.79 Å². The average molecular weight is 315 g/mol. The lowest BCUT2D eigenvalue weighted by Gasteiger charge is -2.06. The van der Waals surface area contributed by atoms with Crippen LogP contribution in [0.3, 0.4) is 0 Å². The van der Waals surface area contributed by atoms with Crippen molar-refractivity contribution in [2.45, 2.75) is 24.8 Å². The average Bonchev–Trinajstić information content (AvgIpc) is 2.53. The van der Waals surface area contributed by atoms with Gasteiger partial charge in [0.25, 0.3) is 0 Å². The van der Waals surface area contributed by atoms with Gasteiger partial charge in [-0.1, -0.05) is 30.3 Å². The molecule has 0 fully saturated rings. The van der Waals surface area contributed by atoms with Gasteiger partial charge in [0, 0.05) is 29.9 Å². The van der Waals surface area contributed by atoms with Crippen molar-refractivity contribution in [3.8, 4) is 0 Å². The van der Waals surface area contributed by atoms with E-state index < -0.39 is 0 Å². The second-order valence-electron chi connectivity index (χ2n) is 4.95. The predicted octanol–water partition coefficient (Wildman–Crippen LogP) is 4.34. The van der Waals surface area contributed by atoms with Gasteiger partial charge in [-0.15, -0.1) is 11.8 Å². The minimum atomic E-state index is -0.0454. The first-order valence-corrected chi connectivity index (χ1v) is 8.35. The van der Waals surface area contributed by atoms with Crippen molar-refractivity contribution in [1.29, 1.82) is 0 Å². The van der Waals surface area contributed by atoms with Gasteiger partial charge in [0.05, 0.1) is 6.61 Å². The Morgan fingerprint density at radius 3 is 2.50 bits per heavy atom. The lowest BCUT2D eigenvalue weighted by molar-refractivity contribution is -0.114. The van der Waals surface area contributed by atoms with E-state index in [1.807, 2.05) is 42.5 Å². The number of amides is 1. The lowest BCUT2D eigenvalue weighted by Crippen LogP contribution is -2.05. The molecule has 116 valence electrons. The van der Waals surface area contributed by atoms with E-state index >= 15 is 0 Å². The summed E-state index contributed by atoms with van der Waals surface area (Å²) >= 11 is 1.80. The second kappa shape index (κ2) is 9.28. The normalized spacial score (nSPS) is 10.4. The van der Waals surface area contributed by atoms with Crippen molar-refractivity contribution >= 4 is 23.4 Å². The van der Waals surface area contributed by atoms with Gasteiger partial charge in [0.2, 0.25) is 5.91 Å². The molecule has 1 amide bonds. The third-order valence-electron chi connectivity index (χ3n) is 2.99. The van der Waals surface area contributed by atoms with Crippen molar-refractivity contribution in [2.75, 3.05) is 17.7 Å². The van der Waals surface area contributed by atoms with E-state index in [-0.39, 0.29) is 5.91 Å². The zero-order chi connectivity index (χ0) is 15.6. The number of hydrogen-bond donors (Lipinski definition) is 1. The highest BCUT2D eigenvalue weighted by molar-refractivity contribution is 7.99. The molecule has 2 aromatic carbocycles. The minimum Gasteiger partial charge on any atom is -0.377 e. The number of benzene rings is 2. The Morgan fingerprint density at radius 1 is 1.09 bits per heavy atom. The molecular formula is C18H21NO2S. The standard InChI is InChI=1S/C18H21NO2S/c1-15(20)19-17-8-10-18(11-9-17)22-13-5-12-21-14-16-6-3-2-4-7-16/h2-4,6-11H,5,12-14H2,1H3,(H,19,20). The first-order valence-electron chi connectivity index (χ1n) is 7.36. The maximum absolute atomic E-state index is 10.9. The SMILES string of the molecule is CC(=O)Nc1ccc(SCCCOCc2ccccc2)cc1. The highest BCUT2D eigenvalue weighted by Gasteiger charge is 1.98. The number of carbonyl (C=O) groups is 1. The van der Waals surface area contributed by atoms with Gasteiger partial charge in [0.1, 0.15) is 0 Å². The lowest BCUT2D eigenvalue weighted by atomic mass is 10.2. The fourth-order valence-electron chi connectivity index (χ4n) is 1.95. The highest BCUT2D eigenvalue weighted by atomic mass is 32.2. The molecule has 1 N–H and O–H groups in total. The summed E-state index contributed by atoms with van der Waals surface area (Å²) in [5.41, 5.74) is 2.05. The Kier molecular flexibility index (Phi) is 7.00. The molecule has 2 rings (SSSR count). The van der Waals surface area contributed by atoms with Crippen molar-refractivity contribution in [3.05, 3.63) is 60.2 Å². The van der Waals surface area contributed by atoms with Crippen LogP contribution < -0.4 is 5.32 Å². The third-order valence-corrected chi connectivity index (χ3v) is 4.09. The van der Waals surface area contributed by atoms with E-state index in [1.165, 1.54) is 17.4 Å². The number of hydrogen-bond acceptors (Lipinski definition) is 3. The van der Waals surface area contributed by atoms with Crippen molar-refractivity contribution in [2.24, 2.45) is 0 Å². The molecule has 4 heteroatoms. The topological polar surface area (TPSA) is 38.3 Å². The van der Waals surface area contributed by atoms with Crippen LogP contribution in [0.15, 0.2) is 59.5 Å². The smallest absolute Gasteiger partial charge is 0.221 e. The van der Waals surface area contributed by atoms with Crippen molar-refractivity contribution in [1.82, 2.24) is 0 Å². The molecule has 3 nitrogen and oxygen atoms in total.